The Morgan fingerprint density at radius 2 is 1.94 bits per heavy atom. The summed E-state index contributed by atoms with van der Waals surface area (Å²) in [7, 11) is 0. The zero-order valence-electron chi connectivity index (χ0n) is 8.56. The lowest BCUT2D eigenvalue weighted by molar-refractivity contribution is -0.133. The van der Waals surface area contributed by atoms with E-state index in [1.54, 1.807) is 0 Å². The van der Waals surface area contributed by atoms with Crippen molar-refractivity contribution in [1.82, 2.24) is 10.2 Å². The van der Waals surface area contributed by atoms with Gasteiger partial charge in [-0.05, 0) is 17.2 Å². The van der Waals surface area contributed by atoms with Crippen molar-refractivity contribution in [3.63, 3.8) is 0 Å². The maximum atomic E-state index is 11.6. The van der Waals surface area contributed by atoms with E-state index in [1.165, 1.54) is 0 Å². The molecule has 0 spiro atoms. The summed E-state index contributed by atoms with van der Waals surface area (Å²) in [5, 5.41) is 2.32. The Kier molecular flexibility index (Phi) is 1.83. The van der Waals surface area contributed by atoms with Gasteiger partial charge in [0, 0.05) is 6.54 Å². The molecule has 0 bridgehead atoms. The molecule has 0 aliphatic carbocycles. The molecule has 0 aromatic heterocycles. The highest BCUT2D eigenvalue weighted by Gasteiger charge is 2.30. The first kappa shape index (κ1) is 9.15. The topological polar surface area (TPSA) is 49.4 Å². The largest absolute Gasteiger partial charge is 0.353 e. The minimum Gasteiger partial charge on any atom is -0.353 e. The summed E-state index contributed by atoms with van der Waals surface area (Å²) in [5.74, 6) is -0.535. The van der Waals surface area contributed by atoms with E-state index in [0.29, 0.717) is 12.2 Å². The van der Waals surface area contributed by atoms with Crippen LogP contribution >= 0.6 is 0 Å². The number of imide groups is 1. The molecule has 2 aliphatic rings. The molecule has 1 aromatic rings. The van der Waals surface area contributed by atoms with Crippen molar-refractivity contribution in [2.24, 2.45) is 0 Å². The molecule has 1 fully saturated rings. The fourth-order valence-corrected chi connectivity index (χ4v) is 2.10. The van der Waals surface area contributed by atoms with E-state index < -0.39 is 0 Å². The molecule has 1 saturated heterocycles. The zero-order valence-corrected chi connectivity index (χ0v) is 8.56. The number of nitrogens with zero attached hydrogens (tertiary/aromatic N) is 1. The Balaban J connectivity index is 2.08. The fraction of sp³-hybridized carbons (Fsp3) is 0.167. The molecule has 4 nitrogen and oxygen atoms in total. The van der Waals surface area contributed by atoms with Gasteiger partial charge < -0.3 is 4.90 Å². The van der Waals surface area contributed by atoms with Crippen LogP contribution in [0.25, 0.3) is 6.08 Å². The minimum absolute atomic E-state index is 0.235. The number of nitrogens with one attached hydrogen (secondary N) is 1. The number of hydrogen-bond acceptors (Lipinski definition) is 3. The van der Waals surface area contributed by atoms with Crippen LogP contribution < -0.4 is 5.32 Å². The van der Waals surface area contributed by atoms with E-state index in [4.69, 9.17) is 0 Å². The lowest BCUT2D eigenvalue weighted by atomic mass is 10.0. The summed E-state index contributed by atoms with van der Waals surface area (Å²) >= 11 is 0. The predicted octanol–water partition coefficient (Wildman–Crippen LogP) is 0.500. The van der Waals surface area contributed by atoms with Crippen molar-refractivity contribution in [2.75, 3.05) is 6.54 Å². The number of carbonyl (C=O) groups excluding carboxylic acids is 2. The molecule has 1 N–H and O–H groups in total. The summed E-state index contributed by atoms with van der Waals surface area (Å²) < 4.78 is 0. The number of benzene rings is 1. The van der Waals surface area contributed by atoms with Crippen LogP contribution in [0.2, 0.25) is 0 Å². The molecule has 3 rings (SSSR count). The van der Waals surface area contributed by atoms with Crippen LogP contribution in [-0.4, -0.2) is 23.3 Å². The highest BCUT2D eigenvalue weighted by atomic mass is 16.2. The Morgan fingerprint density at radius 3 is 2.81 bits per heavy atom. The van der Waals surface area contributed by atoms with Gasteiger partial charge in [-0.2, -0.15) is 0 Å². The van der Waals surface area contributed by atoms with Crippen LogP contribution in [0.5, 0.6) is 0 Å². The van der Waals surface area contributed by atoms with Gasteiger partial charge in [-0.3, -0.25) is 14.9 Å². The van der Waals surface area contributed by atoms with Crippen molar-refractivity contribution >= 4 is 17.9 Å². The Morgan fingerprint density at radius 1 is 1.12 bits per heavy atom. The third kappa shape index (κ3) is 1.31. The molecule has 0 saturated carbocycles. The van der Waals surface area contributed by atoms with Crippen molar-refractivity contribution in [3.8, 4) is 0 Å². The van der Waals surface area contributed by atoms with Crippen LogP contribution in [-0.2, 0) is 16.1 Å². The second-order valence-electron chi connectivity index (χ2n) is 3.96. The normalized spacial score (nSPS) is 18.5. The van der Waals surface area contributed by atoms with Crippen molar-refractivity contribution in [2.45, 2.75) is 6.54 Å². The number of piperazine rings is 1. The molecule has 16 heavy (non-hydrogen) atoms. The van der Waals surface area contributed by atoms with Gasteiger partial charge in [0.15, 0.2) is 0 Å². The molecule has 4 heteroatoms. The Bertz CT molecular complexity index is 520. The fourth-order valence-electron chi connectivity index (χ4n) is 2.10. The van der Waals surface area contributed by atoms with Gasteiger partial charge in [-0.1, -0.05) is 24.3 Å². The Hall–Kier alpha value is -2.10. The number of carbonyl (C=O) groups is 2. The number of hydrogen-bond donors (Lipinski definition) is 1. The van der Waals surface area contributed by atoms with Crippen LogP contribution in [0.1, 0.15) is 11.1 Å². The van der Waals surface area contributed by atoms with E-state index in [9.17, 15) is 9.59 Å². The molecule has 1 aromatic carbocycles. The smallest absolute Gasteiger partial charge is 0.274 e. The maximum absolute atomic E-state index is 11.6. The Labute approximate surface area is 92.6 Å². The predicted molar refractivity (Wildman–Crippen MR) is 58.0 cm³/mol. The summed E-state index contributed by atoms with van der Waals surface area (Å²) in [6.07, 6.45) is 1.83. The third-order valence-corrected chi connectivity index (χ3v) is 2.87. The highest BCUT2D eigenvalue weighted by Crippen LogP contribution is 2.25. The molecule has 2 amide bonds. The second kappa shape index (κ2) is 3.20. The van der Waals surface area contributed by atoms with Gasteiger partial charge in [0.1, 0.15) is 5.70 Å². The van der Waals surface area contributed by atoms with Gasteiger partial charge in [0.05, 0.1) is 6.54 Å². The van der Waals surface area contributed by atoms with Crippen LogP contribution in [0.15, 0.2) is 30.0 Å². The molecular formula is C12H10N2O2. The molecule has 2 aliphatic heterocycles. The molecular weight excluding hydrogens is 204 g/mol. The van der Waals surface area contributed by atoms with Crippen molar-refractivity contribution in [1.29, 1.82) is 0 Å². The maximum Gasteiger partial charge on any atom is 0.274 e. The summed E-state index contributed by atoms with van der Waals surface area (Å²) in [6, 6.07) is 7.89. The molecule has 2 heterocycles. The number of fused-ring (bicyclic) bond motifs is 2. The van der Waals surface area contributed by atoms with Crippen LogP contribution in [0, 0.1) is 0 Å². The first-order valence-electron chi connectivity index (χ1n) is 5.13. The van der Waals surface area contributed by atoms with Gasteiger partial charge in [-0.15, -0.1) is 0 Å². The van der Waals surface area contributed by atoms with Crippen molar-refractivity contribution in [3.05, 3.63) is 41.1 Å². The zero-order chi connectivity index (χ0) is 11.1. The minimum atomic E-state index is -0.300. The summed E-state index contributed by atoms with van der Waals surface area (Å²) in [4.78, 5) is 24.7. The van der Waals surface area contributed by atoms with Gasteiger partial charge in [0.2, 0.25) is 5.91 Å². The number of rotatable bonds is 0. The molecule has 0 atom stereocenters. The van der Waals surface area contributed by atoms with Crippen molar-refractivity contribution < 1.29 is 9.59 Å². The quantitative estimate of drug-likeness (QED) is 0.640. The number of amides is 2. The van der Waals surface area contributed by atoms with E-state index in [-0.39, 0.29) is 18.4 Å². The van der Waals surface area contributed by atoms with Gasteiger partial charge >= 0.3 is 0 Å². The first-order chi connectivity index (χ1) is 7.74. The molecule has 0 unspecified atom stereocenters. The van der Waals surface area contributed by atoms with E-state index in [0.717, 1.165) is 11.1 Å². The standard InChI is InChI=1S/C12H10N2O2/c15-11-7-14-6-9-4-2-1-3-8(9)5-10(14)12(16)13-11/h1-5H,6-7H2,(H,13,15,16). The van der Waals surface area contributed by atoms with Gasteiger partial charge in [-0.25, -0.2) is 0 Å². The van der Waals surface area contributed by atoms with E-state index in [2.05, 4.69) is 5.32 Å². The lowest BCUT2D eigenvalue weighted by Gasteiger charge is -2.33. The van der Waals surface area contributed by atoms with Crippen LogP contribution in [0.4, 0.5) is 0 Å². The molecule has 80 valence electrons. The lowest BCUT2D eigenvalue weighted by Crippen LogP contribution is -2.50. The van der Waals surface area contributed by atoms with E-state index >= 15 is 0 Å². The van der Waals surface area contributed by atoms with E-state index in [1.807, 2.05) is 35.2 Å². The van der Waals surface area contributed by atoms with Gasteiger partial charge in [0.25, 0.3) is 5.91 Å². The third-order valence-electron chi connectivity index (χ3n) is 2.87. The van der Waals surface area contributed by atoms with Crippen LogP contribution in [0.3, 0.4) is 0 Å². The monoisotopic (exact) mass is 214 g/mol. The summed E-state index contributed by atoms with van der Waals surface area (Å²) in [5.41, 5.74) is 2.78. The second-order valence-corrected chi connectivity index (χ2v) is 3.96. The average Bonchev–Trinajstić information content (AvgIpc) is 2.27. The first-order valence-corrected chi connectivity index (χ1v) is 5.13. The molecule has 0 radical (unpaired) electrons. The average molecular weight is 214 g/mol. The SMILES string of the molecule is O=C1CN2Cc3ccccc3C=C2C(=O)N1. The summed E-state index contributed by atoms with van der Waals surface area (Å²) in [6.45, 7) is 0.882. The highest BCUT2D eigenvalue weighted by molar-refractivity contribution is 6.09.